The predicted molar refractivity (Wildman–Crippen MR) is 57.0 cm³/mol. The Bertz CT molecular complexity index is 619. The van der Waals surface area contributed by atoms with Crippen molar-refractivity contribution < 1.29 is 26.0 Å². The molecule has 0 bridgehead atoms. The molecule has 0 aliphatic rings. The molecule has 0 spiro atoms. The third kappa shape index (κ3) is 3.42. The number of benzene rings is 1. The van der Waals surface area contributed by atoms with Crippen molar-refractivity contribution >= 4 is 10.0 Å². The van der Waals surface area contributed by atoms with Crippen molar-refractivity contribution in [3.63, 3.8) is 0 Å². The van der Waals surface area contributed by atoms with Gasteiger partial charge in [0, 0.05) is 7.05 Å². The summed E-state index contributed by atoms with van der Waals surface area (Å²) in [5.41, 5.74) is -0.809. The molecule has 1 aromatic rings. The van der Waals surface area contributed by atoms with Gasteiger partial charge in [0.1, 0.15) is 28.9 Å². The minimum Gasteiger partial charge on any atom is -0.207 e. The Balaban J connectivity index is 3.30. The molecule has 0 heterocycles. The second-order valence-electron chi connectivity index (χ2n) is 3.60. The Morgan fingerprint density at radius 3 is 2.42 bits per heavy atom. The van der Waals surface area contributed by atoms with Crippen LogP contribution in [0.2, 0.25) is 0 Å². The molecule has 0 aliphatic heterocycles. The van der Waals surface area contributed by atoms with Gasteiger partial charge in [-0.25, -0.2) is 12.8 Å². The maximum atomic E-state index is 13.3. The quantitative estimate of drug-likeness (QED) is 0.800. The SMILES string of the molecule is CN(CC(F)(F)F)S(=O)(=O)c1cccc(F)c1C#N. The van der Waals surface area contributed by atoms with Gasteiger partial charge in [0.05, 0.1) is 0 Å². The predicted octanol–water partition coefficient (Wildman–Crippen LogP) is 1.88. The molecule has 0 aromatic heterocycles. The number of nitriles is 1. The van der Waals surface area contributed by atoms with Gasteiger partial charge in [-0.2, -0.15) is 22.7 Å². The molecule has 19 heavy (non-hydrogen) atoms. The maximum Gasteiger partial charge on any atom is 0.402 e. The summed E-state index contributed by atoms with van der Waals surface area (Å²) in [6, 6.07) is 4.06. The first-order chi connectivity index (χ1) is 8.59. The smallest absolute Gasteiger partial charge is 0.207 e. The van der Waals surface area contributed by atoms with E-state index in [1.807, 2.05) is 0 Å². The molecule has 0 unspecified atom stereocenters. The fourth-order valence-electron chi connectivity index (χ4n) is 1.33. The molecule has 1 rings (SSSR count). The lowest BCUT2D eigenvalue weighted by Gasteiger charge is -2.19. The topological polar surface area (TPSA) is 61.2 Å². The first kappa shape index (κ1) is 15.4. The van der Waals surface area contributed by atoms with E-state index in [2.05, 4.69) is 0 Å². The molecule has 4 nitrogen and oxygen atoms in total. The van der Waals surface area contributed by atoms with Crippen LogP contribution in [0.25, 0.3) is 0 Å². The Labute approximate surface area is 106 Å². The van der Waals surface area contributed by atoms with Crippen LogP contribution in [0.4, 0.5) is 17.6 Å². The summed E-state index contributed by atoms with van der Waals surface area (Å²) < 4.78 is 73.5. The van der Waals surface area contributed by atoms with Crippen molar-refractivity contribution in [1.29, 1.82) is 5.26 Å². The monoisotopic (exact) mass is 296 g/mol. The first-order valence-corrected chi connectivity index (χ1v) is 6.25. The summed E-state index contributed by atoms with van der Waals surface area (Å²) >= 11 is 0. The van der Waals surface area contributed by atoms with Gasteiger partial charge in [-0.05, 0) is 12.1 Å². The van der Waals surface area contributed by atoms with Crippen LogP contribution in [0.3, 0.4) is 0 Å². The van der Waals surface area contributed by atoms with Crippen LogP contribution >= 0.6 is 0 Å². The molecule has 1 aromatic carbocycles. The van der Waals surface area contributed by atoms with Gasteiger partial charge in [0.25, 0.3) is 0 Å². The first-order valence-electron chi connectivity index (χ1n) is 4.81. The third-order valence-electron chi connectivity index (χ3n) is 2.18. The highest BCUT2D eigenvalue weighted by Gasteiger charge is 2.36. The van der Waals surface area contributed by atoms with Crippen molar-refractivity contribution in [2.75, 3.05) is 13.6 Å². The van der Waals surface area contributed by atoms with Gasteiger partial charge in [0.2, 0.25) is 10.0 Å². The summed E-state index contributed by atoms with van der Waals surface area (Å²) in [7, 11) is -3.88. The van der Waals surface area contributed by atoms with Gasteiger partial charge in [-0.3, -0.25) is 0 Å². The molecule has 0 radical (unpaired) electrons. The van der Waals surface area contributed by atoms with Crippen LogP contribution in [-0.4, -0.2) is 32.5 Å². The summed E-state index contributed by atoms with van der Waals surface area (Å²) in [6.45, 7) is -1.73. The number of nitrogens with zero attached hydrogens (tertiary/aromatic N) is 2. The van der Waals surface area contributed by atoms with E-state index >= 15 is 0 Å². The van der Waals surface area contributed by atoms with Crippen molar-refractivity contribution in [1.82, 2.24) is 4.31 Å². The molecule has 0 fully saturated rings. The van der Waals surface area contributed by atoms with Gasteiger partial charge in [-0.1, -0.05) is 6.07 Å². The molecule has 0 amide bonds. The van der Waals surface area contributed by atoms with E-state index in [-0.39, 0.29) is 4.31 Å². The van der Waals surface area contributed by atoms with Gasteiger partial charge < -0.3 is 0 Å². The number of alkyl halides is 3. The summed E-state index contributed by atoms with van der Waals surface area (Å²) in [6.07, 6.45) is -4.73. The molecular weight excluding hydrogens is 288 g/mol. The van der Waals surface area contributed by atoms with E-state index < -0.39 is 39.0 Å². The van der Waals surface area contributed by atoms with Crippen molar-refractivity contribution in [3.8, 4) is 6.07 Å². The molecule has 0 saturated carbocycles. The minimum atomic E-state index is -4.73. The Kier molecular flexibility index (Phi) is 4.17. The molecule has 104 valence electrons. The summed E-state index contributed by atoms with van der Waals surface area (Å²) in [4.78, 5) is -0.790. The van der Waals surface area contributed by atoms with Crippen LogP contribution in [0.5, 0.6) is 0 Å². The van der Waals surface area contributed by atoms with E-state index in [9.17, 15) is 26.0 Å². The largest absolute Gasteiger partial charge is 0.402 e. The van der Waals surface area contributed by atoms with Gasteiger partial charge in [0.15, 0.2) is 0 Å². The molecule has 0 atom stereocenters. The Hall–Kier alpha value is -1.66. The third-order valence-corrected chi connectivity index (χ3v) is 4.02. The normalized spacial score (nSPS) is 12.5. The van der Waals surface area contributed by atoms with Gasteiger partial charge in [-0.15, -0.1) is 0 Å². The van der Waals surface area contributed by atoms with Crippen LogP contribution < -0.4 is 0 Å². The van der Waals surface area contributed by atoms with Crippen LogP contribution in [0.1, 0.15) is 5.56 Å². The summed E-state index contributed by atoms with van der Waals surface area (Å²) in [5.74, 6) is -1.11. The van der Waals surface area contributed by atoms with E-state index in [4.69, 9.17) is 5.26 Å². The summed E-state index contributed by atoms with van der Waals surface area (Å²) in [5, 5.41) is 8.68. The van der Waals surface area contributed by atoms with E-state index in [1.54, 1.807) is 0 Å². The molecular formula is C10H8F4N2O2S. The van der Waals surface area contributed by atoms with Crippen molar-refractivity contribution in [3.05, 3.63) is 29.6 Å². The number of sulfonamides is 1. The van der Waals surface area contributed by atoms with Crippen molar-refractivity contribution in [2.45, 2.75) is 11.1 Å². The highest BCUT2D eigenvalue weighted by molar-refractivity contribution is 7.89. The van der Waals surface area contributed by atoms with Crippen LogP contribution in [0, 0.1) is 17.1 Å². The number of rotatable bonds is 3. The zero-order chi connectivity index (χ0) is 14.8. The fraction of sp³-hybridized carbons (Fsp3) is 0.300. The maximum absolute atomic E-state index is 13.3. The van der Waals surface area contributed by atoms with Crippen molar-refractivity contribution in [2.24, 2.45) is 0 Å². The lowest BCUT2D eigenvalue weighted by molar-refractivity contribution is -0.134. The number of halogens is 4. The zero-order valence-electron chi connectivity index (χ0n) is 9.57. The van der Waals surface area contributed by atoms with Crippen LogP contribution in [-0.2, 0) is 10.0 Å². The second-order valence-corrected chi connectivity index (χ2v) is 5.61. The minimum absolute atomic E-state index is 0.0165. The lowest BCUT2D eigenvalue weighted by Crippen LogP contribution is -2.36. The number of hydrogen-bond acceptors (Lipinski definition) is 3. The Morgan fingerprint density at radius 2 is 1.95 bits per heavy atom. The standard InChI is InChI=1S/C10H8F4N2O2S/c1-16(6-10(12,13)14)19(17,18)9-4-2-3-8(11)7(9)5-15/h2-4H,6H2,1H3. The van der Waals surface area contributed by atoms with Crippen LogP contribution in [0.15, 0.2) is 23.1 Å². The molecule has 0 saturated heterocycles. The second kappa shape index (κ2) is 5.14. The molecule has 9 heteroatoms. The average Bonchev–Trinajstić information content (AvgIpc) is 2.26. The fourth-order valence-corrected chi connectivity index (χ4v) is 2.64. The van der Waals surface area contributed by atoms with E-state index in [1.165, 1.54) is 6.07 Å². The molecule has 0 aliphatic carbocycles. The molecule has 0 N–H and O–H groups in total. The average molecular weight is 296 g/mol. The highest BCUT2D eigenvalue weighted by Crippen LogP contribution is 2.24. The highest BCUT2D eigenvalue weighted by atomic mass is 32.2. The zero-order valence-corrected chi connectivity index (χ0v) is 10.4. The lowest BCUT2D eigenvalue weighted by atomic mass is 10.2. The van der Waals surface area contributed by atoms with Gasteiger partial charge >= 0.3 is 6.18 Å². The number of hydrogen-bond donors (Lipinski definition) is 0. The Morgan fingerprint density at radius 1 is 1.37 bits per heavy atom. The van der Waals surface area contributed by atoms with E-state index in [0.29, 0.717) is 7.05 Å². The van der Waals surface area contributed by atoms with E-state index in [0.717, 1.165) is 18.2 Å².